The van der Waals surface area contributed by atoms with Crippen LogP contribution in [0.2, 0.25) is 10.0 Å². The Labute approximate surface area is 140 Å². The normalized spacial score (nSPS) is 11.0. The lowest BCUT2D eigenvalue weighted by Crippen LogP contribution is -2.14. The molecule has 2 aromatic rings. The first-order chi connectivity index (χ1) is 9.83. The van der Waals surface area contributed by atoms with Crippen molar-refractivity contribution in [3.8, 4) is 6.07 Å². The highest BCUT2D eigenvalue weighted by molar-refractivity contribution is 9.10. The largest absolute Gasteiger partial charge is 0.278 e. The summed E-state index contributed by atoms with van der Waals surface area (Å²) >= 11 is 14.9. The van der Waals surface area contributed by atoms with E-state index in [1.807, 2.05) is 6.07 Å². The first kappa shape index (κ1) is 16.1. The third-order valence-corrected chi connectivity index (χ3v) is 5.26. The van der Waals surface area contributed by atoms with Crippen LogP contribution >= 0.6 is 39.1 Å². The highest BCUT2D eigenvalue weighted by atomic mass is 79.9. The molecule has 0 spiro atoms. The molecule has 8 heteroatoms. The van der Waals surface area contributed by atoms with Crippen molar-refractivity contribution in [2.45, 2.75) is 4.90 Å². The molecule has 0 radical (unpaired) electrons. The molecule has 1 N–H and O–H groups in total. The zero-order valence-corrected chi connectivity index (χ0v) is 14.2. The van der Waals surface area contributed by atoms with Gasteiger partial charge in [0.2, 0.25) is 0 Å². The lowest BCUT2D eigenvalue weighted by atomic mass is 10.2. The van der Waals surface area contributed by atoms with E-state index in [1.165, 1.54) is 24.3 Å². The molecule has 0 aromatic heterocycles. The van der Waals surface area contributed by atoms with Gasteiger partial charge >= 0.3 is 0 Å². The molecule has 0 aliphatic heterocycles. The molecule has 0 heterocycles. The molecular weight excluding hydrogens is 399 g/mol. The second-order valence-corrected chi connectivity index (χ2v) is 7.34. The molecular formula is C13H7BrCl2N2O2S. The highest BCUT2D eigenvalue weighted by Crippen LogP contribution is 2.30. The van der Waals surface area contributed by atoms with Crippen molar-refractivity contribution in [3.63, 3.8) is 0 Å². The minimum absolute atomic E-state index is 0.0339. The number of nitrogens with one attached hydrogen (secondary N) is 1. The average Bonchev–Trinajstić information content (AvgIpc) is 2.42. The smallest absolute Gasteiger partial charge is 0.263 e. The summed E-state index contributed by atoms with van der Waals surface area (Å²) in [5.41, 5.74) is 0.521. The molecule has 0 bridgehead atoms. The van der Waals surface area contributed by atoms with E-state index in [0.717, 1.165) is 0 Å². The Bertz CT molecular complexity index is 848. The SMILES string of the molecule is N#Cc1ccc(Cl)c(S(=O)(=O)Nc2ccc(Cl)cc2Br)c1. The Morgan fingerprint density at radius 2 is 1.86 bits per heavy atom. The van der Waals surface area contributed by atoms with Crippen molar-refractivity contribution in [1.82, 2.24) is 0 Å². The van der Waals surface area contributed by atoms with Crippen LogP contribution in [0.25, 0.3) is 0 Å². The van der Waals surface area contributed by atoms with Crippen molar-refractivity contribution in [2.75, 3.05) is 4.72 Å². The molecule has 0 saturated heterocycles. The Hall–Kier alpha value is -1.26. The van der Waals surface area contributed by atoms with Gasteiger partial charge in [-0.2, -0.15) is 5.26 Å². The predicted molar refractivity (Wildman–Crippen MR) is 86.1 cm³/mol. The van der Waals surface area contributed by atoms with E-state index in [2.05, 4.69) is 20.7 Å². The molecule has 21 heavy (non-hydrogen) atoms. The first-order valence-corrected chi connectivity index (χ1v) is 8.54. The van der Waals surface area contributed by atoms with Crippen molar-refractivity contribution < 1.29 is 8.42 Å². The number of anilines is 1. The van der Waals surface area contributed by atoms with Crippen LogP contribution in [-0.4, -0.2) is 8.42 Å². The van der Waals surface area contributed by atoms with Crippen molar-refractivity contribution in [3.05, 3.63) is 56.5 Å². The first-order valence-electron chi connectivity index (χ1n) is 5.51. The Kier molecular flexibility index (Phi) is 4.79. The third kappa shape index (κ3) is 3.69. The molecule has 0 aliphatic rings. The van der Waals surface area contributed by atoms with Gasteiger partial charge < -0.3 is 0 Å². The van der Waals surface area contributed by atoms with Crippen LogP contribution in [0.5, 0.6) is 0 Å². The van der Waals surface area contributed by atoms with Gasteiger partial charge in [-0.05, 0) is 52.3 Å². The van der Waals surface area contributed by atoms with Crippen LogP contribution in [0.4, 0.5) is 5.69 Å². The number of benzene rings is 2. The van der Waals surface area contributed by atoms with Gasteiger partial charge in [-0.1, -0.05) is 23.2 Å². The third-order valence-electron chi connectivity index (χ3n) is 2.53. The van der Waals surface area contributed by atoms with Crippen molar-refractivity contribution in [2.24, 2.45) is 0 Å². The van der Waals surface area contributed by atoms with Gasteiger partial charge in [0.1, 0.15) is 4.90 Å². The molecule has 0 saturated carbocycles. The molecule has 108 valence electrons. The monoisotopic (exact) mass is 404 g/mol. The lowest BCUT2D eigenvalue weighted by molar-refractivity contribution is 0.601. The van der Waals surface area contributed by atoms with Crippen molar-refractivity contribution in [1.29, 1.82) is 5.26 Å². The van der Waals surface area contributed by atoms with Gasteiger partial charge in [-0.15, -0.1) is 0 Å². The van der Waals surface area contributed by atoms with Gasteiger partial charge in [0, 0.05) is 9.50 Å². The van der Waals surface area contributed by atoms with Gasteiger partial charge in [-0.3, -0.25) is 4.72 Å². The second kappa shape index (κ2) is 6.24. The zero-order valence-electron chi connectivity index (χ0n) is 10.3. The fourth-order valence-corrected chi connectivity index (χ4v) is 4.07. The van der Waals surface area contributed by atoms with Crippen LogP contribution in [0, 0.1) is 11.3 Å². The summed E-state index contributed by atoms with van der Waals surface area (Å²) in [4.78, 5) is -0.162. The minimum atomic E-state index is -3.92. The maximum Gasteiger partial charge on any atom is 0.263 e. The molecule has 4 nitrogen and oxygen atoms in total. The maximum absolute atomic E-state index is 12.4. The Morgan fingerprint density at radius 3 is 2.48 bits per heavy atom. The topological polar surface area (TPSA) is 70.0 Å². The van der Waals surface area contributed by atoms with Crippen molar-refractivity contribution >= 4 is 54.8 Å². The Morgan fingerprint density at radius 1 is 1.14 bits per heavy atom. The number of hydrogen-bond donors (Lipinski definition) is 1. The number of hydrogen-bond acceptors (Lipinski definition) is 3. The highest BCUT2D eigenvalue weighted by Gasteiger charge is 2.20. The summed E-state index contributed by atoms with van der Waals surface area (Å²) in [5, 5.41) is 9.35. The number of halogens is 3. The van der Waals surface area contributed by atoms with Crippen LogP contribution in [0.3, 0.4) is 0 Å². The number of rotatable bonds is 3. The summed E-state index contributed by atoms with van der Waals surface area (Å²) in [7, 11) is -3.92. The van der Waals surface area contributed by atoms with Crippen LogP contribution < -0.4 is 4.72 Å². The maximum atomic E-state index is 12.4. The summed E-state index contributed by atoms with van der Waals surface area (Å²) in [5.74, 6) is 0. The van der Waals surface area contributed by atoms with Gasteiger partial charge in [0.25, 0.3) is 10.0 Å². The summed E-state index contributed by atoms with van der Waals surface area (Å²) in [6.45, 7) is 0. The summed E-state index contributed by atoms with van der Waals surface area (Å²) < 4.78 is 27.6. The Balaban J connectivity index is 2.46. The molecule has 0 atom stereocenters. The second-order valence-electron chi connectivity index (χ2n) is 3.99. The van der Waals surface area contributed by atoms with Crippen LogP contribution in [0.15, 0.2) is 45.8 Å². The van der Waals surface area contributed by atoms with E-state index in [0.29, 0.717) is 15.2 Å². The standard InChI is InChI=1S/C13H7BrCl2N2O2S/c14-10-6-9(15)2-4-12(10)18-21(19,20)13-5-8(7-17)1-3-11(13)16/h1-6,18H. The molecule has 0 unspecified atom stereocenters. The predicted octanol–water partition coefficient (Wildman–Crippen LogP) is 4.43. The summed E-state index contributed by atoms with van der Waals surface area (Å²) in [6.07, 6.45) is 0. The molecule has 0 amide bonds. The molecule has 0 aliphatic carbocycles. The summed E-state index contributed by atoms with van der Waals surface area (Å²) in [6, 6.07) is 10.5. The fourth-order valence-electron chi connectivity index (χ4n) is 1.55. The number of nitriles is 1. The number of sulfonamides is 1. The lowest BCUT2D eigenvalue weighted by Gasteiger charge is -2.11. The van der Waals surface area contributed by atoms with E-state index in [1.54, 1.807) is 12.1 Å². The molecule has 2 aromatic carbocycles. The van der Waals surface area contributed by atoms with E-state index in [-0.39, 0.29) is 15.5 Å². The van der Waals surface area contributed by atoms with Crippen LogP contribution in [0.1, 0.15) is 5.56 Å². The quantitative estimate of drug-likeness (QED) is 0.820. The minimum Gasteiger partial charge on any atom is -0.278 e. The van der Waals surface area contributed by atoms with E-state index in [9.17, 15) is 8.42 Å². The van der Waals surface area contributed by atoms with E-state index < -0.39 is 10.0 Å². The van der Waals surface area contributed by atoms with Gasteiger partial charge in [0.05, 0.1) is 22.3 Å². The van der Waals surface area contributed by atoms with Gasteiger partial charge in [-0.25, -0.2) is 8.42 Å². The molecule has 2 rings (SSSR count). The fraction of sp³-hybridized carbons (Fsp3) is 0. The number of nitrogens with zero attached hydrogens (tertiary/aromatic N) is 1. The van der Waals surface area contributed by atoms with Gasteiger partial charge in [0.15, 0.2) is 0 Å². The van der Waals surface area contributed by atoms with E-state index >= 15 is 0 Å². The van der Waals surface area contributed by atoms with E-state index in [4.69, 9.17) is 28.5 Å². The molecule has 0 fully saturated rings. The van der Waals surface area contributed by atoms with Crippen LogP contribution in [-0.2, 0) is 10.0 Å². The average molecular weight is 406 g/mol. The zero-order chi connectivity index (χ0) is 15.6.